The number of alkyl carbamates (subject to hydrolysis) is 1. The summed E-state index contributed by atoms with van der Waals surface area (Å²) in [5.74, 6) is -0.140. The minimum Gasteiger partial charge on any atom is -0.463 e. The van der Waals surface area contributed by atoms with Crippen molar-refractivity contribution in [3.05, 3.63) is 59.7 Å². The number of hydrogen-bond donors (Lipinski definition) is 1. The Hall–Kier alpha value is -3.06. The van der Waals surface area contributed by atoms with Crippen LogP contribution in [0, 0.1) is 0 Å². The summed E-state index contributed by atoms with van der Waals surface area (Å²) in [6.07, 6.45) is 1.49. The van der Waals surface area contributed by atoms with Crippen LogP contribution in [0.2, 0.25) is 0 Å². The first-order valence-electron chi connectivity index (χ1n) is 15.9. The summed E-state index contributed by atoms with van der Waals surface area (Å²) in [7, 11) is 0. The Kier molecular flexibility index (Phi) is 18.9. The van der Waals surface area contributed by atoms with Gasteiger partial charge in [-0.2, -0.15) is 0 Å². The summed E-state index contributed by atoms with van der Waals surface area (Å²) in [5, 5.41) is 2.80. The molecule has 2 aromatic rings. The van der Waals surface area contributed by atoms with Gasteiger partial charge in [0.15, 0.2) is 0 Å². The molecule has 1 amide bonds. The van der Waals surface area contributed by atoms with Crippen molar-refractivity contribution in [3.8, 4) is 11.1 Å². The van der Waals surface area contributed by atoms with Gasteiger partial charge in [-0.1, -0.05) is 55.5 Å². The van der Waals surface area contributed by atoms with Crippen molar-refractivity contribution in [2.45, 2.75) is 32.1 Å². The summed E-state index contributed by atoms with van der Waals surface area (Å²) in [5.41, 5.74) is 4.81. The summed E-state index contributed by atoms with van der Waals surface area (Å²) < 4.78 is 43.3. The lowest BCUT2D eigenvalue weighted by atomic mass is 9.98. The molecule has 0 radical (unpaired) electrons. The SMILES string of the molecule is CCCC(=O)OCCOCCOCCOCCOCCOCCOCCCNC(=O)OCC1c2ccccc2-c2ccccc21. The molecule has 0 heterocycles. The smallest absolute Gasteiger partial charge is 0.407 e. The van der Waals surface area contributed by atoms with E-state index in [0.29, 0.717) is 105 Å². The fraction of sp³-hybridized carbons (Fsp3) is 0.588. The number of esters is 1. The second-order valence-corrected chi connectivity index (χ2v) is 10.3. The molecule has 3 rings (SSSR count). The van der Waals surface area contributed by atoms with Crippen molar-refractivity contribution < 1.29 is 47.5 Å². The number of carbonyl (C=O) groups excluding carboxylic acids is 2. The van der Waals surface area contributed by atoms with Crippen LogP contribution in [0.5, 0.6) is 0 Å². The van der Waals surface area contributed by atoms with Crippen molar-refractivity contribution in [2.24, 2.45) is 0 Å². The summed E-state index contributed by atoms with van der Waals surface area (Å²) in [6.45, 7) is 8.62. The van der Waals surface area contributed by atoms with Gasteiger partial charge in [0.05, 0.1) is 72.7 Å². The zero-order valence-electron chi connectivity index (χ0n) is 26.5. The maximum Gasteiger partial charge on any atom is 0.407 e. The molecule has 1 aliphatic carbocycles. The fourth-order valence-electron chi connectivity index (χ4n) is 4.71. The molecule has 1 N–H and O–H groups in total. The van der Waals surface area contributed by atoms with Gasteiger partial charge < -0.3 is 43.2 Å². The maximum atomic E-state index is 12.2. The molecule has 11 heteroatoms. The molecular formula is C34H49NO10. The highest BCUT2D eigenvalue weighted by Crippen LogP contribution is 2.44. The molecule has 0 bridgehead atoms. The van der Waals surface area contributed by atoms with Gasteiger partial charge >= 0.3 is 12.1 Å². The van der Waals surface area contributed by atoms with E-state index >= 15 is 0 Å². The fourth-order valence-corrected chi connectivity index (χ4v) is 4.71. The number of amides is 1. The molecule has 0 atom stereocenters. The number of benzene rings is 2. The lowest BCUT2D eigenvalue weighted by Crippen LogP contribution is -2.27. The van der Waals surface area contributed by atoms with Crippen molar-refractivity contribution in [2.75, 3.05) is 99.0 Å². The van der Waals surface area contributed by atoms with Gasteiger partial charge in [0.25, 0.3) is 0 Å². The van der Waals surface area contributed by atoms with E-state index in [1.54, 1.807) is 0 Å². The number of carbonyl (C=O) groups is 2. The van der Waals surface area contributed by atoms with Gasteiger partial charge in [0.1, 0.15) is 13.2 Å². The maximum absolute atomic E-state index is 12.2. The molecule has 11 nitrogen and oxygen atoms in total. The lowest BCUT2D eigenvalue weighted by Gasteiger charge is -2.14. The monoisotopic (exact) mass is 631 g/mol. The Labute approximate surface area is 266 Å². The average Bonchev–Trinajstić information content (AvgIpc) is 3.37. The van der Waals surface area contributed by atoms with Crippen LogP contribution in [0.3, 0.4) is 0 Å². The summed E-state index contributed by atoms with van der Waals surface area (Å²) in [4.78, 5) is 23.4. The van der Waals surface area contributed by atoms with Gasteiger partial charge in [-0.15, -0.1) is 0 Å². The van der Waals surface area contributed by atoms with E-state index in [-0.39, 0.29) is 18.5 Å². The highest BCUT2D eigenvalue weighted by Gasteiger charge is 2.28. The van der Waals surface area contributed by atoms with Crippen LogP contribution in [0.25, 0.3) is 11.1 Å². The van der Waals surface area contributed by atoms with Gasteiger partial charge in [0.2, 0.25) is 0 Å². The van der Waals surface area contributed by atoms with Crippen molar-refractivity contribution in [3.63, 3.8) is 0 Å². The van der Waals surface area contributed by atoms with Gasteiger partial charge in [-0.3, -0.25) is 4.79 Å². The third-order valence-electron chi connectivity index (χ3n) is 6.88. The minimum absolute atomic E-state index is 0.0511. The predicted octanol–water partition coefficient (Wildman–Crippen LogP) is 4.36. The molecule has 0 unspecified atom stereocenters. The van der Waals surface area contributed by atoms with Crippen LogP contribution in [0.4, 0.5) is 4.79 Å². The van der Waals surface area contributed by atoms with Gasteiger partial charge in [-0.25, -0.2) is 4.79 Å². The molecular weight excluding hydrogens is 582 g/mol. The largest absolute Gasteiger partial charge is 0.463 e. The Morgan fingerprint density at radius 2 is 1.04 bits per heavy atom. The molecule has 0 saturated heterocycles. The van der Waals surface area contributed by atoms with Crippen LogP contribution in [-0.4, -0.2) is 111 Å². The Morgan fingerprint density at radius 1 is 0.600 bits per heavy atom. The summed E-state index contributed by atoms with van der Waals surface area (Å²) in [6, 6.07) is 16.6. The summed E-state index contributed by atoms with van der Waals surface area (Å²) >= 11 is 0. The molecule has 0 aromatic heterocycles. The Morgan fingerprint density at radius 3 is 1.53 bits per heavy atom. The average molecular weight is 632 g/mol. The van der Waals surface area contributed by atoms with E-state index in [9.17, 15) is 9.59 Å². The van der Waals surface area contributed by atoms with Crippen molar-refractivity contribution in [1.29, 1.82) is 0 Å². The molecule has 0 fully saturated rings. The van der Waals surface area contributed by atoms with E-state index < -0.39 is 6.09 Å². The van der Waals surface area contributed by atoms with Gasteiger partial charge in [-0.05, 0) is 35.1 Å². The second-order valence-electron chi connectivity index (χ2n) is 10.3. The molecule has 45 heavy (non-hydrogen) atoms. The molecule has 2 aromatic carbocycles. The van der Waals surface area contributed by atoms with Crippen LogP contribution in [0.15, 0.2) is 48.5 Å². The topological polar surface area (TPSA) is 120 Å². The van der Waals surface area contributed by atoms with E-state index in [1.165, 1.54) is 22.3 Å². The minimum atomic E-state index is -0.416. The normalized spacial score (nSPS) is 12.1. The molecule has 1 aliphatic rings. The van der Waals surface area contributed by atoms with E-state index in [4.69, 9.17) is 37.9 Å². The number of hydrogen-bond acceptors (Lipinski definition) is 10. The van der Waals surface area contributed by atoms with Gasteiger partial charge in [0, 0.05) is 25.5 Å². The third-order valence-corrected chi connectivity index (χ3v) is 6.88. The number of ether oxygens (including phenoxy) is 8. The lowest BCUT2D eigenvalue weighted by molar-refractivity contribution is -0.145. The molecule has 0 aliphatic heterocycles. The van der Waals surface area contributed by atoms with E-state index in [1.807, 2.05) is 31.2 Å². The van der Waals surface area contributed by atoms with Crippen LogP contribution in [-0.2, 0) is 42.7 Å². The highest BCUT2D eigenvalue weighted by atomic mass is 16.6. The van der Waals surface area contributed by atoms with Crippen molar-refractivity contribution >= 4 is 12.1 Å². The van der Waals surface area contributed by atoms with Crippen LogP contribution >= 0.6 is 0 Å². The first-order chi connectivity index (χ1) is 22.2. The number of nitrogens with one attached hydrogen (secondary N) is 1. The van der Waals surface area contributed by atoms with E-state index in [2.05, 4.69) is 29.6 Å². The zero-order valence-corrected chi connectivity index (χ0v) is 26.5. The molecule has 0 saturated carbocycles. The van der Waals surface area contributed by atoms with Crippen LogP contribution in [0.1, 0.15) is 43.2 Å². The second kappa shape index (κ2) is 23.3. The number of fused-ring (bicyclic) bond motifs is 3. The molecule has 0 spiro atoms. The molecule has 250 valence electrons. The standard InChI is InChI=1S/C34H49NO10/c1-2-8-33(36)44-26-25-43-24-23-42-22-21-41-20-19-40-18-17-39-16-15-38-14-7-13-35-34(37)45-27-32-30-11-5-3-9-28(30)29-10-4-6-12-31(29)32/h3-6,9-12,32H,2,7-8,13-27H2,1H3,(H,35,37). The number of rotatable bonds is 26. The van der Waals surface area contributed by atoms with E-state index in [0.717, 1.165) is 6.42 Å². The van der Waals surface area contributed by atoms with Crippen molar-refractivity contribution in [1.82, 2.24) is 5.32 Å². The quantitative estimate of drug-likeness (QED) is 0.119. The predicted molar refractivity (Wildman–Crippen MR) is 168 cm³/mol. The highest BCUT2D eigenvalue weighted by molar-refractivity contribution is 5.79. The third kappa shape index (κ3) is 14.7. The van der Waals surface area contributed by atoms with Crippen LogP contribution < -0.4 is 5.32 Å². The first kappa shape index (κ1) is 36.4. The zero-order chi connectivity index (χ0) is 31.8. The Balaban J connectivity index is 1.02. The Bertz CT molecular complexity index is 1050. The first-order valence-corrected chi connectivity index (χ1v) is 15.9.